The minimum Gasteiger partial charge on any atom is -0.481 e. The van der Waals surface area contributed by atoms with E-state index in [4.69, 9.17) is 5.11 Å². The molecule has 17 heavy (non-hydrogen) atoms. The van der Waals surface area contributed by atoms with Gasteiger partial charge in [0.2, 0.25) is 0 Å². The molecule has 0 aliphatic heterocycles. The van der Waals surface area contributed by atoms with Crippen LogP contribution in [0.1, 0.15) is 19.4 Å². The summed E-state index contributed by atoms with van der Waals surface area (Å²) in [7, 11) is 3.95. The third kappa shape index (κ3) is 3.46. The molecule has 0 aliphatic carbocycles. The molecule has 0 aliphatic rings. The van der Waals surface area contributed by atoms with Crippen LogP contribution in [-0.2, 0) is 11.2 Å². The van der Waals surface area contributed by atoms with E-state index in [0.717, 1.165) is 15.7 Å². The van der Waals surface area contributed by atoms with Crippen LogP contribution in [0.2, 0.25) is 0 Å². The molecule has 1 N–H and O–H groups in total. The summed E-state index contributed by atoms with van der Waals surface area (Å²) in [6.07, 6.45) is 0.522. The van der Waals surface area contributed by atoms with Crippen LogP contribution in [0.5, 0.6) is 0 Å². The molecule has 0 fully saturated rings. The van der Waals surface area contributed by atoms with E-state index in [1.807, 2.05) is 37.2 Å². The Kier molecular flexibility index (Phi) is 4.20. The van der Waals surface area contributed by atoms with E-state index in [1.165, 1.54) is 0 Å². The highest BCUT2D eigenvalue weighted by molar-refractivity contribution is 9.10. The molecule has 0 amide bonds. The fraction of sp³-hybridized carbons (Fsp3) is 0.462. The van der Waals surface area contributed by atoms with Gasteiger partial charge in [-0.25, -0.2) is 0 Å². The zero-order valence-corrected chi connectivity index (χ0v) is 12.2. The Bertz CT molecular complexity index is 427. The van der Waals surface area contributed by atoms with Crippen LogP contribution in [-0.4, -0.2) is 25.2 Å². The summed E-state index contributed by atoms with van der Waals surface area (Å²) in [4.78, 5) is 13.1. The molecule has 0 bridgehead atoms. The molecule has 1 aromatic rings. The monoisotopic (exact) mass is 299 g/mol. The SMILES string of the molecule is CN(C)c1ccc(CC(C)(C)C(=O)O)cc1Br. The van der Waals surface area contributed by atoms with Gasteiger partial charge in [-0.05, 0) is 53.9 Å². The molecule has 0 spiro atoms. The van der Waals surface area contributed by atoms with Crippen molar-refractivity contribution in [3.05, 3.63) is 28.2 Å². The minimum absolute atomic E-state index is 0.522. The normalized spacial score (nSPS) is 11.4. The van der Waals surface area contributed by atoms with Crippen molar-refractivity contribution < 1.29 is 9.90 Å². The van der Waals surface area contributed by atoms with Gasteiger partial charge in [0.15, 0.2) is 0 Å². The van der Waals surface area contributed by atoms with E-state index in [-0.39, 0.29) is 0 Å². The van der Waals surface area contributed by atoms with Crippen molar-refractivity contribution in [2.24, 2.45) is 5.41 Å². The number of benzene rings is 1. The number of aliphatic carboxylic acids is 1. The lowest BCUT2D eigenvalue weighted by Crippen LogP contribution is -2.26. The second-order valence-electron chi connectivity index (χ2n) is 5.05. The fourth-order valence-electron chi connectivity index (χ4n) is 1.61. The predicted molar refractivity (Wildman–Crippen MR) is 73.6 cm³/mol. The molecular formula is C13H18BrNO2. The van der Waals surface area contributed by atoms with Crippen molar-refractivity contribution in [2.45, 2.75) is 20.3 Å². The molecule has 0 saturated heterocycles. The quantitative estimate of drug-likeness (QED) is 0.928. The van der Waals surface area contributed by atoms with Crippen LogP contribution < -0.4 is 4.90 Å². The second-order valence-corrected chi connectivity index (χ2v) is 5.90. The lowest BCUT2D eigenvalue weighted by atomic mass is 9.86. The molecular weight excluding hydrogens is 282 g/mol. The third-order valence-corrected chi connectivity index (χ3v) is 3.35. The molecule has 0 radical (unpaired) electrons. The lowest BCUT2D eigenvalue weighted by Gasteiger charge is -2.20. The smallest absolute Gasteiger partial charge is 0.309 e. The van der Waals surface area contributed by atoms with E-state index in [0.29, 0.717) is 6.42 Å². The first kappa shape index (κ1) is 14.0. The van der Waals surface area contributed by atoms with Crippen LogP contribution in [0, 0.1) is 5.41 Å². The second kappa shape index (κ2) is 5.08. The van der Waals surface area contributed by atoms with Crippen LogP contribution in [0.3, 0.4) is 0 Å². The Hall–Kier alpha value is -1.03. The first-order valence-corrected chi connectivity index (χ1v) is 6.22. The van der Waals surface area contributed by atoms with Crippen molar-refractivity contribution in [2.75, 3.05) is 19.0 Å². The zero-order chi connectivity index (χ0) is 13.2. The van der Waals surface area contributed by atoms with E-state index in [1.54, 1.807) is 13.8 Å². The molecule has 0 atom stereocenters. The number of carboxylic acids is 1. The summed E-state index contributed by atoms with van der Waals surface area (Å²) in [6.45, 7) is 3.48. The van der Waals surface area contributed by atoms with Gasteiger partial charge >= 0.3 is 5.97 Å². The van der Waals surface area contributed by atoms with Gasteiger partial charge in [-0.1, -0.05) is 6.07 Å². The highest BCUT2D eigenvalue weighted by Crippen LogP contribution is 2.29. The molecule has 0 unspecified atom stereocenters. The van der Waals surface area contributed by atoms with Crippen molar-refractivity contribution in [1.82, 2.24) is 0 Å². The van der Waals surface area contributed by atoms with E-state index >= 15 is 0 Å². The third-order valence-electron chi connectivity index (χ3n) is 2.72. The molecule has 94 valence electrons. The van der Waals surface area contributed by atoms with E-state index < -0.39 is 11.4 Å². The van der Waals surface area contributed by atoms with Gasteiger partial charge in [-0.2, -0.15) is 0 Å². The van der Waals surface area contributed by atoms with E-state index in [2.05, 4.69) is 15.9 Å². The summed E-state index contributed by atoms with van der Waals surface area (Å²) in [5.41, 5.74) is 1.37. The minimum atomic E-state index is -0.773. The number of rotatable bonds is 4. The molecule has 0 saturated carbocycles. The Morgan fingerprint density at radius 1 is 1.41 bits per heavy atom. The highest BCUT2D eigenvalue weighted by Gasteiger charge is 2.27. The molecule has 3 nitrogen and oxygen atoms in total. The van der Waals surface area contributed by atoms with Crippen molar-refractivity contribution >= 4 is 27.6 Å². The number of carbonyl (C=O) groups is 1. The summed E-state index contributed by atoms with van der Waals surface area (Å²) in [6, 6.07) is 5.96. The number of hydrogen-bond donors (Lipinski definition) is 1. The van der Waals surface area contributed by atoms with Crippen molar-refractivity contribution in [1.29, 1.82) is 0 Å². The number of nitrogens with zero attached hydrogens (tertiary/aromatic N) is 1. The van der Waals surface area contributed by atoms with Crippen LogP contribution in [0.15, 0.2) is 22.7 Å². The molecule has 0 aromatic heterocycles. The van der Waals surface area contributed by atoms with Crippen LogP contribution >= 0.6 is 15.9 Å². The largest absolute Gasteiger partial charge is 0.481 e. The van der Waals surface area contributed by atoms with Crippen molar-refractivity contribution in [3.63, 3.8) is 0 Å². The Morgan fingerprint density at radius 3 is 2.41 bits per heavy atom. The summed E-state index contributed by atoms with van der Waals surface area (Å²) in [5.74, 6) is -0.773. The van der Waals surface area contributed by atoms with Gasteiger partial charge in [0.1, 0.15) is 0 Å². The van der Waals surface area contributed by atoms with Crippen LogP contribution in [0.4, 0.5) is 5.69 Å². The van der Waals surface area contributed by atoms with Crippen molar-refractivity contribution in [3.8, 4) is 0 Å². The first-order chi connectivity index (χ1) is 7.74. The van der Waals surface area contributed by atoms with Gasteiger partial charge in [0, 0.05) is 18.6 Å². The van der Waals surface area contributed by atoms with Gasteiger partial charge in [0.05, 0.1) is 11.1 Å². The van der Waals surface area contributed by atoms with Crippen LogP contribution in [0.25, 0.3) is 0 Å². The average Bonchev–Trinajstić information content (AvgIpc) is 2.15. The predicted octanol–water partition coefficient (Wildman–Crippen LogP) is 3.17. The average molecular weight is 300 g/mol. The first-order valence-electron chi connectivity index (χ1n) is 5.43. The van der Waals surface area contributed by atoms with Gasteiger partial charge in [-0.3, -0.25) is 4.79 Å². The summed E-state index contributed by atoms with van der Waals surface area (Å²) < 4.78 is 0.987. The molecule has 0 heterocycles. The number of halogens is 1. The molecule has 1 rings (SSSR count). The van der Waals surface area contributed by atoms with Gasteiger partial charge in [-0.15, -0.1) is 0 Å². The zero-order valence-electron chi connectivity index (χ0n) is 10.6. The van der Waals surface area contributed by atoms with Gasteiger partial charge in [0.25, 0.3) is 0 Å². The van der Waals surface area contributed by atoms with Gasteiger partial charge < -0.3 is 10.0 Å². The lowest BCUT2D eigenvalue weighted by molar-refractivity contribution is -0.146. The molecule has 1 aromatic carbocycles. The highest BCUT2D eigenvalue weighted by atomic mass is 79.9. The number of carboxylic acid groups (broad SMARTS) is 1. The Balaban J connectivity index is 2.96. The summed E-state index contributed by atoms with van der Waals surface area (Å²) in [5, 5.41) is 9.09. The van der Waals surface area contributed by atoms with E-state index in [9.17, 15) is 4.79 Å². The molecule has 4 heteroatoms. The maximum absolute atomic E-state index is 11.1. The fourth-order valence-corrected chi connectivity index (χ4v) is 2.39. The number of hydrogen-bond acceptors (Lipinski definition) is 2. The maximum Gasteiger partial charge on any atom is 0.309 e. The summed E-state index contributed by atoms with van der Waals surface area (Å²) >= 11 is 3.50. The Morgan fingerprint density at radius 2 is 2.00 bits per heavy atom. The standard InChI is InChI=1S/C13H18BrNO2/c1-13(2,12(16)17)8-9-5-6-11(15(3)4)10(14)7-9/h5-7H,8H2,1-4H3,(H,16,17). The maximum atomic E-state index is 11.1. The number of anilines is 1. The Labute approximate surface area is 111 Å². The topological polar surface area (TPSA) is 40.5 Å².